The summed E-state index contributed by atoms with van der Waals surface area (Å²) in [6, 6.07) is 11.0. The molecule has 1 aromatic heterocycles. The van der Waals surface area contributed by atoms with Crippen molar-refractivity contribution >= 4 is 17.7 Å². The number of anilines is 1. The topological polar surface area (TPSA) is 99.2 Å². The Morgan fingerprint density at radius 2 is 2.00 bits per heavy atom. The second kappa shape index (κ2) is 7.09. The number of hydrogen-bond acceptors (Lipinski definition) is 5. The van der Waals surface area contributed by atoms with Gasteiger partial charge in [0.05, 0.1) is 0 Å². The summed E-state index contributed by atoms with van der Waals surface area (Å²) in [5.74, 6) is -0.580. The highest BCUT2D eigenvalue weighted by Crippen LogP contribution is 1.98. The highest BCUT2D eigenvalue weighted by molar-refractivity contribution is 5.80. The first-order valence-corrected chi connectivity index (χ1v) is 6.38. The summed E-state index contributed by atoms with van der Waals surface area (Å²) in [5, 5.41) is 6.51. The van der Waals surface area contributed by atoms with Crippen LogP contribution in [-0.4, -0.2) is 28.3 Å². The lowest BCUT2D eigenvalue weighted by molar-refractivity contribution is -0.149. The van der Waals surface area contributed by atoms with Crippen LogP contribution in [0.1, 0.15) is 5.56 Å². The molecule has 0 atom stereocenters. The number of ether oxygens (including phenoxy) is 1. The lowest BCUT2D eigenvalue weighted by Crippen LogP contribution is -2.29. The number of nitrogen functional groups attached to an aromatic ring is 1. The molecular weight excluding hydrogens is 272 g/mol. The number of benzene rings is 1. The van der Waals surface area contributed by atoms with Crippen LogP contribution < -0.4 is 11.1 Å². The first-order valence-electron chi connectivity index (χ1n) is 6.38. The summed E-state index contributed by atoms with van der Waals surface area (Å²) in [4.78, 5) is 23.0. The summed E-state index contributed by atoms with van der Waals surface area (Å²) >= 11 is 0. The number of nitrogens with two attached hydrogens (primary N) is 1. The maximum Gasteiger partial charge on any atom is 0.328 e. The molecular formula is C14H16N4O3. The number of carbonyl (C=O) groups excluding carboxylic acids is 2. The van der Waals surface area contributed by atoms with E-state index in [-0.39, 0.29) is 19.1 Å². The molecule has 1 aromatic carbocycles. The van der Waals surface area contributed by atoms with Crippen molar-refractivity contribution in [2.45, 2.75) is 13.1 Å². The zero-order chi connectivity index (χ0) is 15.1. The van der Waals surface area contributed by atoms with Gasteiger partial charge in [0, 0.05) is 12.7 Å². The number of carbonyl (C=O) groups is 2. The van der Waals surface area contributed by atoms with E-state index in [1.807, 2.05) is 30.3 Å². The van der Waals surface area contributed by atoms with Gasteiger partial charge in [0.15, 0.2) is 6.61 Å². The highest BCUT2D eigenvalue weighted by Gasteiger charge is 2.08. The SMILES string of the molecule is Nc1ccn(CC(=O)OCC(=O)NCc2ccccc2)n1. The second-order valence-electron chi connectivity index (χ2n) is 4.36. The van der Waals surface area contributed by atoms with Gasteiger partial charge in [-0.3, -0.25) is 14.3 Å². The van der Waals surface area contributed by atoms with E-state index in [4.69, 9.17) is 10.5 Å². The van der Waals surface area contributed by atoms with E-state index >= 15 is 0 Å². The average Bonchev–Trinajstić information content (AvgIpc) is 2.89. The van der Waals surface area contributed by atoms with Gasteiger partial charge >= 0.3 is 5.97 Å². The van der Waals surface area contributed by atoms with Crippen LogP contribution >= 0.6 is 0 Å². The molecule has 0 aliphatic heterocycles. The summed E-state index contributed by atoms with van der Waals surface area (Å²) in [6.07, 6.45) is 1.56. The molecule has 2 rings (SSSR count). The van der Waals surface area contributed by atoms with Crippen molar-refractivity contribution in [1.82, 2.24) is 15.1 Å². The Balaban J connectivity index is 1.67. The minimum Gasteiger partial charge on any atom is -0.454 e. The molecule has 0 aliphatic rings. The molecule has 1 heterocycles. The Morgan fingerprint density at radius 3 is 2.67 bits per heavy atom. The molecule has 0 fully saturated rings. The van der Waals surface area contributed by atoms with Crippen LogP contribution in [0, 0.1) is 0 Å². The maximum absolute atomic E-state index is 11.5. The smallest absolute Gasteiger partial charge is 0.328 e. The van der Waals surface area contributed by atoms with Gasteiger partial charge in [-0.2, -0.15) is 5.10 Å². The van der Waals surface area contributed by atoms with Crippen LogP contribution in [0.4, 0.5) is 5.82 Å². The van der Waals surface area contributed by atoms with Gasteiger partial charge < -0.3 is 15.8 Å². The molecule has 7 nitrogen and oxygen atoms in total. The number of aromatic nitrogens is 2. The zero-order valence-electron chi connectivity index (χ0n) is 11.4. The van der Waals surface area contributed by atoms with Crippen LogP contribution in [0.15, 0.2) is 42.6 Å². The fourth-order valence-electron chi connectivity index (χ4n) is 1.64. The molecule has 0 saturated heterocycles. The summed E-state index contributed by atoms with van der Waals surface area (Å²) in [7, 11) is 0. The van der Waals surface area contributed by atoms with Crippen LogP contribution in [0.3, 0.4) is 0 Å². The van der Waals surface area contributed by atoms with Crippen molar-refractivity contribution in [2.24, 2.45) is 0 Å². The van der Waals surface area contributed by atoms with Crippen LogP contribution in [0.5, 0.6) is 0 Å². The number of nitrogens with one attached hydrogen (secondary N) is 1. The largest absolute Gasteiger partial charge is 0.454 e. The fraction of sp³-hybridized carbons (Fsp3) is 0.214. The molecule has 0 bridgehead atoms. The Bertz CT molecular complexity index is 610. The molecule has 110 valence electrons. The van der Waals surface area contributed by atoms with Gasteiger partial charge in [-0.15, -0.1) is 0 Å². The van der Waals surface area contributed by atoms with Gasteiger partial charge in [-0.1, -0.05) is 30.3 Å². The van der Waals surface area contributed by atoms with E-state index in [2.05, 4.69) is 10.4 Å². The normalized spacial score (nSPS) is 10.1. The quantitative estimate of drug-likeness (QED) is 0.746. The number of nitrogens with zero attached hydrogens (tertiary/aromatic N) is 2. The molecule has 1 amide bonds. The van der Waals surface area contributed by atoms with Crippen molar-refractivity contribution < 1.29 is 14.3 Å². The molecule has 0 radical (unpaired) electrons. The van der Waals surface area contributed by atoms with E-state index in [0.717, 1.165) is 5.56 Å². The number of amides is 1. The number of rotatable bonds is 6. The average molecular weight is 288 g/mol. The van der Waals surface area contributed by atoms with Crippen LogP contribution in [0.25, 0.3) is 0 Å². The zero-order valence-corrected chi connectivity index (χ0v) is 11.4. The number of hydrogen-bond donors (Lipinski definition) is 2. The third kappa shape index (κ3) is 4.98. The molecule has 7 heteroatoms. The van der Waals surface area contributed by atoms with Crippen molar-refractivity contribution in [3.63, 3.8) is 0 Å². The Kier molecular flexibility index (Phi) is 4.92. The lowest BCUT2D eigenvalue weighted by Gasteiger charge is -2.06. The number of esters is 1. The van der Waals surface area contributed by atoms with Gasteiger partial charge in [0.25, 0.3) is 5.91 Å². The molecule has 0 saturated carbocycles. The summed E-state index contributed by atoms with van der Waals surface area (Å²) in [5.41, 5.74) is 6.40. The fourth-order valence-corrected chi connectivity index (χ4v) is 1.64. The summed E-state index contributed by atoms with van der Waals surface area (Å²) < 4.78 is 6.20. The van der Waals surface area contributed by atoms with Crippen molar-refractivity contribution in [3.05, 3.63) is 48.2 Å². The van der Waals surface area contributed by atoms with Crippen LogP contribution in [0.2, 0.25) is 0 Å². The first kappa shape index (κ1) is 14.6. The first-order chi connectivity index (χ1) is 10.1. The van der Waals surface area contributed by atoms with E-state index < -0.39 is 5.97 Å². The van der Waals surface area contributed by atoms with E-state index in [9.17, 15) is 9.59 Å². The predicted octanol–water partition coefficient (Wildman–Crippen LogP) is 0.325. The molecule has 0 unspecified atom stereocenters. The predicted molar refractivity (Wildman–Crippen MR) is 75.9 cm³/mol. The molecule has 0 aliphatic carbocycles. The minimum atomic E-state index is -0.548. The standard InChI is InChI=1S/C14H16N4O3/c15-12-6-7-18(17-12)9-14(20)21-10-13(19)16-8-11-4-2-1-3-5-11/h1-7H,8-10H2,(H2,15,17)(H,16,19). The van der Waals surface area contributed by atoms with E-state index in [0.29, 0.717) is 12.4 Å². The van der Waals surface area contributed by atoms with Gasteiger partial charge in [0.1, 0.15) is 12.4 Å². The van der Waals surface area contributed by atoms with Crippen molar-refractivity contribution in [2.75, 3.05) is 12.3 Å². The lowest BCUT2D eigenvalue weighted by atomic mass is 10.2. The van der Waals surface area contributed by atoms with Gasteiger partial charge in [0.2, 0.25) is 0 Å². The Morgan fingerprint density at radius 1 is 1.24 bits per heavy atom. The van der Waals surface area contributed by atoms with E-state index in [1.54, 1.807) is 12.3 Å². The third-order valence-electron chi connectivity index (χ3n) is 2.65. The van der Waals surface area contributed by atoms with E-state index in [1.165, 1.54) is 4.68 Å². The van der Waals surface area contributed by atoms with Crippen molar-refractivity contribution in [3.8, 4) is 0 Å². The summed E-state index contributed by atoms with van der Waals surface area (Å²) in [6.45, 7) is -0.00149. The molecule has 3 N–H and O–H groups in total. The molecule has 2 aromatic rings. The van der Waals surface area contributed by atoms with Gasteiger partial charge in [-0.25, -0.2) is 0 Å². The molecule has 0 spiro atoms. The van der Waals surface area contributed by atoms with Crippen LogP contribution in [-0.2, 0) is 27.4 Å². The Hall–Kier alpha value is -2.83. The molecule has 21 heavy (non-hydrogen) atoms. The van der Waals surface area contributed by atoms with Crippen molar-refractivity contribution in [1.29, 1.82) is 0 Å². The monoisotopic (exact) mass is 288 g/mol. The minimum absolute atomic E-state index is 0.0802. The highest BCUT2D eigenvalue weighted by atomic mass is 16.5. The second-order valence-corrected chi connectivity index (χ2v) is 4.36. The Labute approximate surface area is 121 Å². The maximum atomic E-state index is 11.5. The van der Waals surface area contributed by atoms with Gasteiger partial charge in [-0.05, 0) is 11.6 Å². The third-order valence-corrected chi connectivity index (χ3v) is 2.65.